The van der Waals surface area contributed by atoms with Crippen LogP contribution in [0, 0.1) is 5.41 Å². The second-order valence-electron chi connectivity index (χ2n) is 13.9. The molecule has 3 aromatic rings. The zero-order valence-electron chi connectivity index (χ0n) is 29.1. The van der Waals surface area contributed by atoms with Crippen LogP contribution < -0.4 is 14.5 Å². The van der Waals surface area contributed by atoms with E-state index in [0.717, 1.165) is 74.7 Å². The summed E-state index contributed by atoms with van der Waals surface area (Å²) in [6, 6.07) is 16.5. The lowest BCUT2D eigenvalue weighted by atomic mass is 9.73. The number of hydrogen-bond donors (Lipinski definition) is 2. The molecule has 1 amide bonds. The van der Waals surface area contributed by atoms with E-state index >= 15 is 0 Å². The zero-order valence-corrected chi connectivity index (χ0v) is 31.5. The molecule has 3 aromatic carbocycles. The Balaban J connectivity index is 1.25. The second kappa shape index (κ2) is 15.4. The number of carbonyl (C=O) groups is 1. The van der Waals surface area contributed by atoms with Crippen LogP contribution >= 0.6 is 11.6 Å². The molecule has 1 aliphatic carbocycles. The Bertz CT molecular complexity index is 2030. The molecule has 1 saturated heterocycles. The monoisotopic (exact) mass is 782 g/mol. The van der Waals surface area contributed by atoms with Crippen molar-refractivity contribution in [1.82, 2.24) is 9.62 Å². The van der Waals surface area contributed by atoms with Crippen molar-refractivity contribution in [2.24, 2.45) is 5.41 Å². The van der Waals surface area contributed by atoms with E-state index in [0.29, 0.717) is 11.1 Å². The SMILES string of the molecule is CN(CCO)c1ccc(S(=O)(=O)NC(=O)c2ccc(N3CCN(CC4=C(c5ccc(Cl)cc5)CCC(C)(C)C4)CC3)cc2)cc1S(=O)(=O)C(F)(F)F. The fourth-order valence-corrected chi connectivity index (χ4v) is 8.88. The molecule has 16 heteroatoms. The van der Waals surface area contributed by atoms with Crippen LogP contribution in [0.2, 0.25) is 5.02 Å². The number of sulfonamides is 1. The van der Waals surface area contributed by atoms with Gasteiger partial charge in [0.15, 0.2) is 0 Å². The van der Waals surface area contributed by atoms with Gasteiger partial charge in [-0.15, -0.1) is 0 Å². The minimum Gasteiger partial charge on any atom is -0.395 e. The summed E-state index contributed by atoms with van der Waals surface area (Å²) in [7, 11) is -9.55. The number of alkyl halides is 3. The van der Waals surface area contributed by atoms with Crippen molar-refractivity contribution < 1.29 is 39.9 Å². The Kier molecular flexibility index (Phi) is 11.7. The highest BCUT2D eigenvalue weighted by molar-refractivity contribution is 7.92. The number of nitrogens with zero attached hydrogens (tertiary/aromatic N) is 3. The van der Waals surface area contributed by atoms with Crippen LogP contribution in [-0.4, -0.2) is 91.2 Å². The van der Waals surface area contributed by atoms with Crippen LogP contribution in [0.25, 0.3) is 5.57 Å². The van der Waals surface area contributed by atoms with Crippen molar-refractivity contribution in [3.63, 3.8) is 0 Å². The predicted octanol–water partition coefficient (Wildman–Crippen LogP) is 5.97. The van der Waals surface area contributed by atoms with Crippen molar-refractivity contribution in [2.75, 3.05) is 62.7 Å². The molecule has 0 radical (unpaired) electrons. The van der Waals surface area contributed by atoms with Crippen LogP contribution in [-0.2, 0) is 19.9 Å². The molecule has 1 heterocycles. The molecule has 0 saturated carbocycles. The van der Waals surface area contributed by atoms with E-state index in [4.69, 9.17) is 11.6 Å². The van der Waals surface area contributed by atoms with E-state index in [1.807, 2.05) is 16.9 Å². The lowest BCUT2D eigenvalue weighted by Gasteiger charge is -2.39. The van der Waals surface area contributed by atoms with Crippen LogP contribution in [0.5, 0.6) is 0 Å². The smallest absolute Gasteiger partial charge is 0.395 e. The minimum absolute atomic E-state index is 0.0185. The van der Waals surface area contributed by atoms with E-state index in [1.54, 1.807) is 12.1 Å². The molecule has 1 fully saturated rings. The summed E-state index contributed by atoms with van der Waals surface area (Å²) in [5, 5.41) is 9.91. The molecule has 0 spiro atoms. The number of benzene rings is 3. The fourth-order valence-electron chi connectivity index (χ4n) is 6.65. The zero-order chi connectivity index (χ0) is 38.1. The number of piperazine rings is 1. The average Bonchev–Trinajstić information content (AvgIpc) is 3.08. The molecular weight excluding hydrogens is 741 g/mol. The molecule has 52 heavy (non-hydrogen) atoms. The second-order valence-corrected chi connectivity index (χ2v) is 17.9. The van der Waals surface area contributed by atoms with Crippen molar-refractivity contribution in [1.29, 1.82) is 0 Å². The summed E-state index contributed by atoms with van der Waals surface area (Å²) in [6.45, 7) is 7.86. The molecule has 0 unspecified atom stereocenters. The number of hydrogen-bond acceptors (Lipinski definition) is 9. The van der Waals surface area contributed by atoms with Crippen LogP contribution in [0.3, 0.4) is 0 Å². The van der Waals surface area contributed by atoms with E-state index < -0.39 is 53.4 Å². The number of allylic oxidation sites excluding steroid dienone is 1. The summed E-state index contributed by atoms with van der Waals surface area (Å²) < 4.78 is 93.3. The van der Waals surface area contributed by atoms with Gasteiger partial charge in [0.1, 0.15) is 4.90 Å². The number of anilines is 2. The maximum Gasteiger partial charge on any atom is 0.501 e. The molecule has 0 aromatic heterocycles. The topological polar surface area (TPSA) is 127 Å². The van der Waals surface area contributed by atoms with Crippen molar-refractivity contribution >= 4 is 54.3 Å². The van der Waals surface area contributed by atoms with E-state index in [-0.39, 0.29) is 17.5 Å². The molecular formula is C36H42ClF3N4O6S2. The van der Waals surface area contributed by atoms with Crippen molar-refractivity contribution in [2.45, 2.75) is 48.4 Å². The molecule has 0 bridgehead atoms. The van der Waals surface area contributed by atoms with Gasteiger partial charge in [-0.1, -0.05) is 43.2 Å². The number of carbonyl (C=O) groups excluding carboxylic acids is 1. The largest absolute Gasteiger partial charge is 0.501 e. The summed E-state index contributed by atoms with van der Waals surface area (Å²) in [5.74, 6) is -1.04. The highest BCUT2D eigenvalue weighted by atomic mass is 35.5. The molecule has 1 aliphatic heterocycles. The first-order chi connectivity index (χ1) is 24.3. The number of rotatable bonds is 11. The third-order valence-corrected chi connectivity index (χ3v) is 12.7. The average molecular weight is 783 g/mol. The lowest BCUT2D eigenvalue weighted by molar-refractivity contribution is -0.0436. The van der Waals surface area contributed by atoms with E-state index in [9.17, 15) is 39.9 Å². The van der Waals surface area contributed by atoms with Gasteiger partial charge in [-0.25, -0.2) is 21.6 Å². The van der Waals surface area contributed by atoms with Gasteiger partial charge in [0.25, 0.3) is 25.8 Å². The van der Waals surface area contributed by atoms with Gasteiger partial charge in [0, 0.05) is 62.6 Å². The van der Waals surface area contributed by atoms with Gasteiger partial charge in [-0.05, 0) is 90.4 Å². The van der Waals surface area contributed by atoms with Gasteiger partial charge in [-0.2, -0.15) is 13.2 Å². The maximum atomic E-state index is 13.5. The van der Waals surface area contributed by atoms with Crippen molar-refractivity contribution in [3.8, 4) is 0 Å². The molecule has 0 atom stereocenters. The quantitative estimate of drug-likeness (QED) is 0.242. The molecule has 5 rings (SSSR count). The summed E-state index contributed by atoms with van der Waals surface area (Å²) in [5.41, 5.74) is -1.11. The number of sulfone groups is 1. The van der Waals surface area contributed by atoms with Gasteiger partial charge < -0.3 is 14.9 Å². The summed E-state index contributed by atoms with van der Waals surface area (Å²) in [4.78, 5) is 16.5. The fraction of sp³-hybridized carbons (Fsp3) is 0.417. The maximum absolute atomic E-state index is 13.5. The molecule has 2 N–H and O–H groups in total. The predicted molar refractivity (Wildman–Crippen MR) is 196 cm³/mol. The number of likely N-dealkylation sites (N-methyl/N-ethyl adjacent to an activating group) is 1. The van der Waals surface area contributed by atoms with Crippen molar-refractivity contribution in [3.05, 3.63) is 88.5 Å². The number of amides is 1. The number of halogens is 4. The molecule has 10 nitrogen and oxygen atoms in total. The van der Waals surface area contributed by atoms with Gasteiger partial charge in [-0.3, -0.25) is 9.69 Å². The normalized spacial score (nSPS) is 17.3. The highest BCUT2D eigenvalue weighted by Gasteiger charge is 2.48. The summed E-state index contributed by atoms with van der Waals surface area (Å²) >= 11 is 6.15. The van der Waals surface area contributed by atoms with Gasteiger partial charge >= 0.3 is 5.51 Å². The van der Waals surface area contributed by atoms with Gasteiger partial charge in [0.05, 0.1) is 17.2 Å². The first-order valence-corrected chi connectivity index (χ1v) is 20.0. The Morgan fingerprint density at radius 2 is 1.60 bits per heavy atom. The third-order valence-electron chi connectivity index (χ3n) is 9.55. The standard InChI is InChI=1S/C36H42ClF3N4O6S2/c1-35(2)15-14-31(25-4-8-28(37)9-5-25)27(23-35)24-43-16-18-44(19-17-43)29-10-6-26(7-11-29)34(46)41-52(49,50)30-12-13-32(42(3)20-21-45)33(22-30)51(47,48)36(38,39)40/h4-13,22,45H,14-21,23-24H2,1-3H3,(H,41,46). The van der Waals surface area contributed by atoms with Crippen LogP contribution in [0.4, 0.5) is 24.5 Å². The lowest BCUT2D eigenvalue weighted by Crippen LogP contribution is -2.47. The van der Waals surface area contributed by atoms with E-state index in [1.165, 1.54) is 35.9 Å². The summed E-state index contributed by atoms with van der Waals surface area (Å²) in [6.07, 6.45) is 3.15. The Hall–Kier alpha value is -3.63. The molecule has 2 aliphatic rings. The number of aliphatic hydroxyl groups is 1. The first-order valence-electron chi connectivity index (χ1n) is 16.7. The Morgan fingerprint density at radius 3 is 2.19 bits per heavy atom. The van der Waals surface area contributed by atoms with Crippen LogP contribution in [0.15, 0.2) is 82.1 Å². The first kappa shape index (κ1) is 39.6. The number of aliphatic hydroxyl groups excluding tert-OH is 1. The Labute approximate surface area is 307 Å². The highest BCUT2D eigenvalue weighted by Crippen LogP contribution is 2.43. The van der Waals surface area contributed by atoms with Crippen LogP contribution in [0.1, 0.15) is 49.0 Å². The molecule has 282 valence electrons. The number of nitrogens with one attached hydrogen (secondary N) is 1. The Morgan fingerprint density at radius 1 is 0.962 bits per heavy atom. The third kappa shape index (κ3) is 8.93. The van der Waals surface area contributed by atoms with E-state index in [2.05, 4.69) is 35.8 Å². The minimum atomic E-state index is -6.00. The van der Waals surface area contributed by atoms with Gasteiger partial charge in [0.2, 0.25) is 0 Å².